The largest absolute Gasteiger partial charge is 0.489 e. The lowest BCUT2D eigenvalue weighted by Crippen LogP contribution is -2.74. The molecule has 4 amide bonds. The number of ether oxygens (including phenoxy) is 2. The Morgan fingerprint density at radius 2 is 1.69 bits per heavy atom. The Bertz CT molecular complexity index is 2570. The van der Waals surface area contributed by atoms with Gasteiger partial charge in [-0.3, -0.25) is 24.1 Å². The first-order valence-corrected chi connectivity index (χ1v) is 25.3. The van der Waals surface area contributed by atoms with Crippen molar-refractivity contribution in [1.82, 2.24) is 35.7 Å². The number of β-amino-alcohol motifs (C(OH)–C–C–N with tert-alkyl or cyclic N) is 1. The van der Waals surface area contributed by atoms with Crippen LogP contribution >= 0.6 is 22.9 Å². The Morgan fingerprint density at radius 3 is 2.28 bits per heavy atom. The summed E-state index contributed by atoms with van der Waals surface area (Å²) in [6, 6.07) is 15.3. The molecular formula is C52H66ClN9O8S. The summed E-state index contributed by atoms with van der Waals surface area (Å²) in [7, 11) is 0. The molecule has 380 valence electrons. The second kappa shape index (κ2) is 22.0. The van der Waals surface area contributed by atoms with Crippen LogP contribution in [0.3, 0.4) is 0 Å². The standard InChI is InChI=1S/C52H66ClN9O8S/c1-31-43(71-30-56-31)33-11-9-32(10-12-33)39(28-63)57-46(67)40-23-36(64)27-62(40)47(68)44(50(2,3)4)58-42(65)29-69-22-21-60-17-19-61(20-18-60)41-16-14-35(26-55-41)45(66)59-48-51(5,6)49(52(48,7)8)70-37-15-13-34(25-54)38(53)24-37/h9-16,24,26,30,36,39-40,44,48-49,63-64H,17-23,27-29H2,1-8H3,(H,57,67)(H,58,65)(H,59,66)/t36-,39?,40?,44-,48-,49-/m1/s1. The fourth-order valence-electron chi connectivity index (χ4n) is 10.3. The highest BCUT2D eigenvalue weighted by atomic mass is 35.5. The van der Waals surface area contributed by atoms with Crippen LogP contribution in [0.5, 0.6) is 5.75 Å². The maximum Gasteiger partial charge on any atom is 0.253 e. The summed E-state index contributed by atoms with van der Waals surface area (Å²) >= 11 is 7.78. The van der Waals surface area contributed by atoms with Gasteiger partial charge in [0.1, 0.15) is 42.4 Å². The molecule has 17 nitrogen and oxygen atoms in total. The van der Waals surface area contributed by atoms with Crippen molar-refractivity contribution in [3.8, 4) is 22.3 Å². The van der Waals surface area contributed by atoms with Gasteiger partial charge >= 0.3 is 0 Å². The number of nitriles is 1. The predicted octanol–water partition coefficient (Wildman–Crippen LogP) is 5.13. The fourth-order valence-corrected chi connectivity index (χ4v) is 11.4. The Hall–Kier alpha value is -5.68. The van der Waals surface area contributed by atoms with Crippen LogP contribution in [0.4, 0.5) is 5.82 Å². The normalized spacial score (nSPS) is 21.6. The summed E-state index contributed by atoms with van der Waals surface area (Å²) in [6.07, 6.45) is 0.446. The minimum atomic E-state index is -1.02. The summed E-state index contributed by atoms with van der Waals surface area (Å²) in [4.78, 5) is 70.4. The van der Waals surface area contributed by atoms with Crippen molar-refractivity contribution in [3.05, 3.63) is 93.7 Å². The van der Waals surface area contributed by atoms with Crippen LogP contribution in [0.2, 0.25) is 5.02 Å². The van der Waals surface area contributed by atoms with Crippen molar-refractivity contribution < 1.29 is 38.9 Å². The van der Waals surface area contributed by atoms with E-state index in [0.717, 1.165) is 35.0 Å². The van der Waals surface area contributed by atoms with E-state index in [2.05, 4.69) is 69.5 Å². The van der Waals surface area contributed by atoms with Gasteiger partial charge in [-0.2, -0.15) is 5.26 Å². The Kier molecular flexibility index (Phi) is 16.4. The third-order valence-electron chi connectivity index (χ3n) is 14.0. The summed E-state index contributed by atoms with van der Waals surface area (Å²) in [5, 5.41) is 39.4. The number of benzene rings is 2. The zero-order valence-electron chi connectivity index (χ0n) is 41.7. The van der Waals surface area contributed by atoms with Gasteiger partial charge in [-0.05, 0) is 47.7 Å². The number of nitrogens with one attached hydrogen (secondary N) is 3. The van der Waals surface area contributed by atoms with Crippen LogP contribution in [0.25, 0.3) is 10.4 Å². The quantitative estimate of drug-likeness (QED) is 0.0867. The first kappa shape index (κ1) is 53.1. The lowest BCUT2D eigenvalue weighted by Gasteiger charge is -2.63. The topological polar surface area (TPSA) is 223 Å². The van der Waals surface area contributed by atoms with Crippen molar-refractivity contribution >= 4 is 52.4 Å². The monoisotopic (exact) mass is 1010 g/mol. The van der Waals surface area contributed by atoms with Crippen molar-refractivity contribution in [1.29, 1.82) is 5.26 Å². The van der Waals surface area contributed by atoms with Gasteiger partial charge in [0.2, 0.25) is 17.7 Å². The van der Waals surface area contributed by atoms with Crippen LogP contribution in [-0.4, -0.2) is 143 Å². The molecule has 0 radical (unpaired) electrons. The van der Waals surface area contributed by atoms with Gasteiger partial charge in [0.05, 0.1) is 57.6 Å². The Labute approximate surface area is 424 Å². The SMILES string of the molecule is Cc1ncsc1-c1ccc(C(CO)NC(=O)C2C[C@@H](O)CN2C(=O)[C@@H](NC(=O)COCCN2CCN(c3ccc(C(=O)N[C@H]4C(C)(C)[C@H](Oc5ccc(C#N)c(Cl)c5)C4(C)C)cn3)CC2)C(C)(C)C)cc1. The number of piperazine rings is 1. The molecule has 0 spiro atoms. The molecule has 2 saturated heterocycles. The number of hydrogen-bond acceptors (Lipinski definition) is 14. The number of nitrogens with zero attached hydrogens (tertiary/aromatic N) is 6. The summed E-state index contributed by atoms with van der Waals surface area (Å²) < 4.78 is 12.2. The van der Waals surface area contributed by atoms with Crippen LogP contribution in [0.15, 0.2) is 66.3 Å². The lowest BCUT2D eigenvalue weighted by molar-refractivity contribution is -0.164. The van der Waals surface area contributed by atoms with Crippen molar-refractivity contribution in [2.45, 2.75) is 98.2 Å². The molecule has 2 unspecified atom stereocenters. The molecule has 7 rings (SSSR count). The van der Waals surface area contributed by atoms with E-state index < -0.39 is 58.2 Å². The zero-order valence-corrected chi connectivity index (χ0v) is 43.3. The van der Waals surface area contributed by atoms with Gasteiger partial charge in [-0.15, -0.1) is 11.3 Å². The summed E-state index contributed by atoms with van der Waals surface area (Å²) in [6.45, 7) is 18.7. The highest BCUT2D eigenvalue weighted by molar-refractivity contribution is 7.13. The van der Waals surface area contributed by atoms with Gasteiger partial charge in [-0.1, -0.05) is 84.3 Å². The zero-order chi connectivity index (χ0) is 51.4. The van der Waals surface area contributed by atoms with Crippen LogP contribution in [0.1, 0.15) is 88.1 Å². The maximum atomic E-state index is 14.2. The Balaban J connectivity index is 0.838. The smallest absolute Gasteiger partial charge is 0.253 e. The third-order valence-corrected chi connectivity index (χ3v) is 15.3. The third kappa shape index (κ3) is 12.0. The number of pyridine rings is 1. The summed E-state index contributed by atoms with van der Waals surface area (Å²) in [5.74, 6) is -0.366. The van der Waals surface area contributed by atoms with E-state index >= 15 is 0 Å². The Morgan fingerprint density at radius 1 is 0.986 bits per heavy atom. The number of aliphatic hydroxyl groups excluding tert-OH is 2. The highest BCUT2D eigenvalue weighted by Gasteiger charge is 2.64. The lowest BCUT2D eigenvalue weighted by atomic mass is 9.49. The number of carbonyl (C=O) groups is 4. The number of likely N-dealkylation sites (tertiary alicyclic amines) is 1. The first-order chi connectivity index (χ1) is 33.6. The fraction of sp³-hybridized carbons (Fsp3) is 0.519. The van der Waals surface area contributed by atoms with Crippen LogP contribution in [-0.2, 0) is 19.1 Å². The first-order valence-electron chi connectivity index (χ1n) is 24.0. The van der Waals surface area contributed by atoms with E-state index in [9.17, 15) is 34.7 Å². The molecule has 4 atom stereocenters. The molecule has 71 heavy (non-hydrogen) atoms. The number of thiazole rings is 1. The minimum Gasteiger partial charge on any atom is -0.489 e. The second-order valence-corrected chi connectivity index (χ2v) is 22.2. The molecule has 1 aliphatic carbocycles. The molecule has 4 heterocycles. The van der Waals surface area contributed by atoms with Crippen LogP contribution < -0.4 is 25.6 Å². The molecule has 2 aliphatic heterocycles. The van der Waals surface area contributed by atoms with Crippen molar-refractivity contribution in [2.24, 2.45) is 16.2 Å². The number of anilines is 1. The average molecular weight is 1010 g/mol. The number of carbonyl (C=O) groups excluding carboxylic acids is 4. The molecule has 2 aromatic carbocycles. The number of amides is 4. The number of aromatic nitrogens is 2. The van der Waals surface area contributed by atoms with Gasteiger partial charge < -0.3 is 45.4 Å². The number of halogens is 1. The average Bonchev–Trinajstić information content (AvgIpc) is 3.96. The number of hydrogen-bond donors (Lipinski definition) is 5. The molecule has 0 bridgehead atoms. The molecule has 2 aromatic heterocycles. The van der Waals surface area contributed by atoms with Gasteiger partial charge in [-0.25, -0.2) is 9.97 Å². The second-order valence-electron chi connectivity index (χ2n) is 21.0. The molecule has 5 N–H and O–H groups in total. The number of aryl methyl sites for hydroxylation is 1. The molecule has 19 heteroatoms. The molecular weight excluding hydrogens is 946 g/mol. The minimum absolute atomic E-state index is 0.0141. The predicted molar refractivity (Wildman–Crippen MR) is 271 cm³/mol. The highest BCUT2D eigenvalue weighted by Crippen LogP contribution is 2.55. The van der Waals surface area contributed by atoms with Crippen molar-refractivity contribution in [3.63, 3.8) is 0 Å². The van der Waals surface area contributed by atoms with E-state index in [1.54, 1.807) is 36.0 Å². The van der Waals surface area contributed by atoms with Crippen molar-refractivity contribution in [2.75, 3.05) is 64.0 Å². The van der Waals surface area contributed by atoms with E-state index in [1.165, 1.54) is 16.2 Å². The van der Waals surface area contributed by atoms with Gasteiger partial charge in [0.15, 0.2) is 0 Å². The molecule has 3 aliphatic rings. The van der Waals surface area contributed by atoms with E-state index in [4.69, 9.17) is 21.1 Å². The van der Waals surface area contributed by atoms with E-state index in [0.29, 0.717) is 47.1 Å². The maximum absolute atomic E-state index is 14.2. The summed E-state index contributed by atoms with van der Waals surface area (Å²) in [5.41, 5.74) is 3.63. The van der Waals surface area contributed by atoms with Crippen LogP contribution in [0, 0.1) is 34.5 Å². The molecule has 3 fully saturated rings. The van der Waals surface area contributed by atoms with Gasteiger partial charge in [0, 0.05) is 74.8 Å². The van der Waals surface area contributed by atoms with E-state index in [1.807, 2.05) is 58.0 Å². The molecule has 1 saturated carbocycles. The van der Waals surface area contributed by atoms with E-state index in [-0.39, 0.29) is 50.8 Å². The molecule has 4 aromatic rings. The van der Waals surface area contributed by atoms with Gasteiger partial charge in [0.25, 0.3) is 5.91 Å². The number of aliphatic hydroxyl groups is 2. The number of rotatable bonds is 17.